The predicted molar refractivity (Wildman–Crippen MR) is 109 cm³/mol. The number of aryl methyl sites for hydroxylation is 1. The fourth-order valence-electron chi connectivity index (χ4n) is 3.46. The average molecular weight is 476 g/mol. The highest BCUT2D eigenvalue weighted by Crippen LogP contribution is 2.31. The van der Waals surface area contributed by atoms with Gasteiger partial charge in [0.25, 0.3) is 12.9 Å². The van der Waals surface area contributed by atoms with Gasteiger partial charge < -0.3 is 20.1 Å². The molecule has 3 N–H and O–H groups in total. The van der Waals surface area contributed by atoms with Crippen molar-refractivity contribution in [2.75, 3.05) is 19.6 Å². The molecule has 3 rings (SSSR count). The number of carbonyl (C=O) groups is 3. The van der Waals surface area contributed by atoms with Crippen LogP contribution in [0.15, 0.2) is 31.1 Å². The Bertz CT molecular complexity index is 842. The van der Waals surface area contributed by atoms with Gasteiger partial charge in [-0.05, 0) is 19.8 Å². The lowest BCUT2D eigenvalue weighted by Gasteiger charge is -2.41. The van der Waals surface area contributed by atoms with Crippen molar-refractivity contribution in [3.05, 3.63) is 36.7 Å². The third-order valence-electron chi connectivity index (χ3n) is 4.97. The summed E-state index contributed by atoms with van der Waals surface area (Å²) in [6.07, 6.45) is 4.84. The summed E-state index contributed by atoms with van der Waals surface area (Å²) in [7, 11) is 0. The predicted octanol–water partition coefficient (Wildman–Crippen LogP) is 1.17. The van der Waals surface area contributed by atoms with Crippen molar-refractivity contribution in [3.63, 3.8) is 0 Å². The van der Waals surface area contributed by atoms with Crippen molar-refractivity contribution in [3.8, 4) is 0 Å². The number of nitrogens with one attached hydrogen (secondary N) is 1. The smallest absolute Gasteiger partial charge is 0.405 e. The number of likely N-dealkylation sites (tertiary alicyclic amines) is 1. The molecule has 1 amide bonds. The van der Waals surface area contributed by atoms with E-state index in [-0.39, 0.29) is 12.9 Å². The highest BCUT2D eigenvalue weighted by atomic mass is 19.4. The number of nitrogens with zero attached hydrogens (tertiary/aromatic N) is 5. The molecule has 0 bridgehead atoms. The number of aromatic nitrogens is 4. The molecule has 0 atom stereocenters. The summed E-state index contributed by atoms with van der Waals surface area (Å²) in [5.41, 5.74) is 0.0276. The van der Waals surface area contributed by atoms with Gasteiger partial charge in [-0.25, -0.2) is 4.98 Å². The van der Waals surface area contributed by atoms with E-state index >= 15 is 0 Å². The fraction of sp³-hybridized carbons (Fsp3) is 0.526. The molecule has 0 spiro atoms. The molecule has 0 aliphatic carbocycles. The molecule has 2 aromatic heterocycles. The van der Waals surface area contributed by atoms with Crippen LogP contribution in [0.25, 0.3) is 0 Å². The minimum Gasteiger partial charge on any atom is -0.483 e. The highest BCUT2D eigenvalue weighted by Gasteiger charge is 2.44. The molecule has 0 aromatic carbocycles. The first-order chi connectivity index (χ1) is 15.6. The maximum Gasteiger partial charge on any atom is 0.405 e. The molecular weight excluding hydrogens is 449 g/mol. The lowest BCUT2D eigenvalue weighted by atomic mass is 9.86. The van der Waals surface area contributed by atoms with E-state index in [4.69, 9.17) is 19.8 Å². The third kappa shape index (κ3) is 8.56. The standard InChI is InChI=1S/C17H23F3N6O.2CH2O2/c1-2-26-11-14(9-23-26)10-24-6-3-16(4-7-24,25-8-5-21-13-25)15(27)22-12-17(18,19)20;2*2-1-3/h5,8-9,11,13H,2-4,6-7,10,12H2,1H3,(H,22,27);2*1H,(H,2,3). The molecule has 11 nitrogen and oxygen atoms in total. The minimum atomic E-state index is -4.44. The van der Waals surface area contributed by atoms with Crippen LogP contribution in [0.2, 0.25) is 0 Å². The topological polar surface area (TPSA) is 143 Å². The van der Waals surface area contributed by atoms with E-state index in [2.05, 4.69) is 20.3 Å². The van der Waals surface area contributed by atoms with Crippen LogP contribution in [0.1, 0.15) is 25.3 Å². The number of imidazole rings is 1. The summed E-state index contributed by atoms with van der Waals surface area (Å²) < 4.78 is 41.1. The van der Waals surface area contributed by atoms with Crippen LogP contribution in [-0.4, -0.2) is 79.1 Å². The first kappa shape index (κ1) is 27.6. The molecule has 14 heteroatoms. The summed E-state index contributed by atoms with van der Waals surface area (Å²) in [5, 5.41) is 20.1. The number of rotatable bonds is 6. The number of halogens is 3. The van der Waals surface area contributed by atoms with Crippen LogP contribution in [0.3, 0.4) is 0 Å². The Labute approximate surface area is 187 Å². The van der Waals surface area contributed by atoms with Gasteiger partial charge in [0.1, 0.15) is 12.1 Å². The number of carboxylic acid groups (broad SMARTS) is 2. The van der Waals surface area contributed by atoms with Crippen LogP contribution < -0.4 is 5.32 Å². The van der Waals surface area contributed by atoms with E-state index in [1.54, 1.807) is 10.8 Å². The lowest BCUT2D eigenvalue weighted by molar-refractivity contribution is -0.145. The number of alkyl halides is 3. The molecule has 1 aliphatic heterocycles. The summed E-state index contributed by atoms with van der Waals surface area (Å²) in [4.78, 5) is 35.6. The normalized spacial score (nSPS) is 15.3. The van der Waals surface area contributed by atoms with Crippen molar-refractivity contribution in [2.24, 2.45) is 0 Å². The molecule has 0 unspecified atom stereocenters. The van der Waals surface area contributed by atoms with E-state index in [9.17, 15) is 18.0 Å². The minimum absolute atomic E-state index is 0.250. The molecular formula is C19H27F3N6O5. The Balaban J connectivity index is 0.000000819. The Morgan fingerprint density at radius 3 is 2.30 bits per heavy atom. The molecule has 2 aromatic rings. The zero-order chi connectivity index (χ0) is 24.9. The molecule has 1 fully saturated rings. The Morgan fingerprint density at radius 1 is 1.24 bits per heavy atom. The molecule has 1 saturated heterocycles. The molecule has 0 saturated carbocycles. The Kier molecular flexibility index (Phi) is 11.0. The van der Waals surface area contributed by atoms with E-state index in [1.165, 1.54) is 12.5 Å². The van der Waals surface area contributed by atoms with Gasteiger partial charge in [0, 0.05) is 50.3 Å². The second-order valence-corrected chi connectivity index (χ2v) is 6.99. The SMILES string of the molecule is CCn1cc(CN2CCC(C(=O)NCC(F)(F)F)(n3ccnc3)CC2)cn1.O=CO.O=CO. The maximum atomic E-state index is 12.7. The van der Waals surface area contributed by atoms with Crippen molar-refractivity contribution < 1.29 is 37.8 Å². The monoisotopic (exact) mass is 476 g/mol. The first-order valence-electron chi connectivity index (χ1n) is 9.88. The van der Waals surface area contributed by atoms with Crippen LogP contribution in [-0.2, 0) is 33.0 Å². The first-order valence-corrected chi connectivity index (χ1v) is 9.88. The van der Waals surface area contributed by atoms with Crippen LogP contribution >= 0.6 is 0 Å². The van der Waals surface area contributed by atoms with Crippen molar-refractivity contribution in [2.45, 2.75) is 44.6 Å². The van der Waals surface area contributed by atoms with Gasteiger partial charge in [-0.3, -0.25) is 24.0 Å². The third-order valence-corrected chi connectivity index (χ3v) is 4.97. The van der Waals surface area contributed by atoms with E-state index < -0.39 is 24.2 Å². The highest BCUT2D eigenvalue weighted by molar-refractivity contribution is 5.84. The molecule has 0 radical (unpaired) electrons. The second-order valence-electron chi connectivity index (χ2n) is 6.99. The quantitative estimate of drug-likeness (QED) is 0.528. The van der Waals surface area contributed by atoms with E-state index in [0.717, 1.165) is 12.1 Å². The van der Waals surface area contributed by atoms with Gasteiger partial charge in [-0.15, -0.1) is 0 Å². The number of hydrogen-bond acceptors (Lipinski definition) is 6. The van der Waals surface area contributed by atoms with Gasteiger partial charge in [-0.2, -0.15) is 18.3 Å². The largest absolute Gasteiger partial charge is 0.483 e. The van der Waals surface area contributed by atoms with E-state index in [1.807, 2.05) is 24.0 Å². The molecule has 1 aliphatic rings. The lowest BCUT2D eigenvalue weighted by Crippen LogP contribution is -2.55. The Morgan fingerprint density at radius 2 is 1.85 bits per heavy atom. The Hall–Kier alpha value is -3.42. The van der Waals surface area contributed by atoms with Gasteiger partial charge in [0.05, 0.1) is 12.5 Å². The molecule has 3 heterocycles. The molecule has 184 valence electrons. The zero-order valence-corrected chi connectivity index (χ0v) is 18.0. The zero-order valence-electron chi connectivity index (χ0n) is 18.0. The van der Waals surface area contributed by atoms with Crippen LogP contribution in [0.4, 0.5) is 13.2 Å². The maximum absolute atomic E-state index is 12.7. The molecule has 33 heavy (non-hydrogen) atoms. The van der Waals surface area contributed by atoms with Gasteiger partial charge in [0.2, 0.25) is 5.91 Å². The van der Waals surface area contributed by atoms with Gasteiger partial charge >= 0.3 is 6.18 Å². The summed E-state index contributed by atoms with van der Waals surface area (Å²) in [6, 6.07) is 0. The summed E-state index contributed by atoms with van der Waals surface area (Å²) >= 11 is 0. The van der Waals surface area contributed by atoms with Crippen LogP contribution in [0.5, 0.6) is 0 Å². The van der Waals surface area contributed by atoms with Gasteiger partial charge in [-0.1, -0.05) is 0 Å². The van der Waals surface area contributed by atoms with Crippen molar-refractivity contribution >= 4 is 18.9 Å². The van der Waals surface area contributed by atoms with Crippen molar-refractivity contribution in [1.29, 1.82) is 0 Å². The number of hydrogen-bond donors (Lipinski definition) is 3. The number of carbonyl (C=O) groups excluding carboxylic acids is 1. The fourth-order valence-corrected chi connectivity index (χ4v) is 3.46. The van der Waals surface area contributed by atoms with E-state index in [0.29, 0.717) is 32.5 Å². The van der Waals surface area contributed by atoms with Crippen molar-refractivity contribution in [1.82, 2.24) is 29.5 Å². The average Bonchev–Trinajstić information content (AvgIpc) is 3.46. The van der Waals surface area contributed by atoms with Gasteiger partial charge in [0.15, 0.2) is 0 Å². The summed E-state index contributed by atoms with van der Waals surface area (Å²) in [6.45, 7) is 2.86. The number of piperidine rings is 1. The second kappa shape index (κ2) is 13.2. The number of amides is 1. The van der Waals surface area contributed by atoms with Crippen LogP contribution in [0, 0.1) is 0 Å². The summed E-state index contributed by atoms with van der Waals surface area (Å²) in [5.74, 6) is -0.615.